The smallest absolute Gasteiger partial charge is 0.416 e. The molecular weight excluding hydrogens is 319 g/mol. The molecule has 0 unspecified atom stereocenters. The van der Waals surface area contributed by atoms with Gasteiger partial charge in [0.2, 0.25) is 0 Å². The van der Waals surface area contributed by atoms with E-state index in [4.69, 9.17) is 4.74 Å². The molecule has 0 atom stereocenters. The minimum absolute atomic E-state index is 0.00356. The molecule has 0 saturated carbocycles. The van der Waals surface area contributed by atoms with Crippen molar-refractivity contribution in [2.75, 3.05) is 11.9 Å². The van der Waals surface area contributed by atoms with Gasteiger partial charge in [-0.2, -0.15) is 13.2 Å². The number of benzene rings is 2. The fourth-order valence-electron chi connectivity index (χ4n) is 2.04. The molecule has 0 aliphatic heterocycles. The van der Waals surface area contributed by atoms with E-state index >= 15 is 0 Å². The van der Waals surface area contributed by atoms with Crippen molar-refractivity contribution in [2.24, 2.45) is 0 Å². The van der Waals surface area contributed by atoms with Crippen LogP contribution in [0.5, 0.6) is 5.75 Å². The first-order chi connectivity index (χ1) is 11.3. The highest BCUT2D eigenvalue weighted by Gasteiger charge is 2.31. The average Bonchev–Trinajstić information content (AvgIpc) is 2.53. The number of rotatable bonds is 5. The highest BCUT2D eigenvalue weighted by molar-refractivity contribution is 6.05. The second-order valence-electron chi connectivity index (χ2n) is 5.38. The predicted molar refractivity (Wildman–Crippen MR) is 86.4 cm³/mol. The van der Waals surface area contributed by atoms with Gasteiger partial charge in [-0.15, -0.1) is 0 Å². The molecule has 24 heavy (non-hydrogen) atoms. The summed E-state index contributed by atoms with van der Waals surface area (Å²) in [5.74, 6) is -0.277. The van der Waals surface area contributed by atoms with Crippen molar-refractivity contribution < 1.29 is 22.7 Å². The molecule has 3 nitrogen and oxygen atoms in total. The molecule has 1 amide bonds. The van der Waals surface area contributed by atoms with E-state index in [1.54, 1.807) is 24.3 Å². The maximum Gasteiger partial charge on any atom is 0.416 e. The third-order valence-corrected chi connectivity index (χ3v) is 3.33. The number of amides is 1. The number of carbonyl (C=O) groups is 1. The summed E-state index contributed by atoms with van der Waals surface area (Å²) in [5.41, 5.74) is 0.506. The molecule has 0 bridgehead atoms. The Morgan fingerprint density at radius 2 is 1.79 bits per heavy atom. The lowest BCUT2D eigenvalue weighted by atomic mass is 10.1. The number of ether oxygens (including phenoxy) is 1. The molecule has 2 aromatic rings. The van der Waals surface area contributed by atoms with Crippen LogP contribution in [0.2, 0.25) is 0 Å². The molecule has 0 saturated heterocycles. The van der Waals surface area contributed by atoms with Crippen LogP contribution in [0, 0.1) is 6.92 Å². The zero-order chi connectivity index (χ0) is 17.7. The van der Waals surface area contributed by atoms with Gasteiger partial charge in [-0.3, -0.25) is 4.79 Å². The van der Waals surface area contributed by atoms with E-state index in [9.17, 15) is 18.0 Å². The molecule has 0 aliphatic rings. The van der Waals surface area contributed by atoms with Gasteiger partial charge in [-0.05, 0) is 43.7 Å². The van der Waals surface area contributed by atoms with Crippen LogP contribution in [-0.4, -0.2) is 12.5 Å². The standard InChI is InChI=1S/C18H18F3NO2/c1-3-10-24-16-9-8-14(18(19,20)21)11-15(16)22-17(23)13-6-4-12(2)5-7-13/h4-9,11H,3,10H2,1-2H3,(H,22,23). The molecule has 6 heteroatoms. The second-order valence-corrected chi connectivity index (χ2v) is 5.38. The SMILES string of the molecule is CCCOc1ccc(C(F)(F)F)cc1NC(=O)c1ccc(C)cc1. The Balaban J connectivity index is 2.30. The summed E-state index contributed by atoms with van der Waals surface area (Å²) in [6, 6.07) is 9.80. The maximum absolute atomic E-state index is 12.9. The molecular formula is C18H18F3NO2. The first-order valence-electron chi connectivity index (χ1n) is 7.53. The quantitative estimate of drug-likeness (QED) is 0.828. The monoisotopic (exact) mass is 337 g/mol. The van der Waals surface area contributed by atoms with E-state index in [2.05, 4.69) is 5.32 Å². The fourth-order valence-corrected chi connectivity index (χ4v) is 2.04. The molecule has 0 fully saturated rings. The summed E-state index contributed by atoms with van der Waals surface area (Å²) in [6.07, 6.45) is -3.79. The van der Waals surface area contributed by atoms with Crippen molar-refractivity contribution in [1.29, 1.82) is 0 Å². The molecule has 0 spiro atoms. The third kappa shape index (κ3) is 4.50. The van der Waals surface area contributed by atoms with Crippen molar-refractivity contribution in [2.45, 2.75) is 26.4 Å². The Morgan fingerprint density at radius 1 is 1.12 bits per heavy atom. The van der Waals surface area contributed by atoms with Gasteiger partial charge in [0.05, 0.1) is 17.9 Å². The van der Waals surface area contributed by atoms with Crippen LogP contribution in [0.15, 0.2) is 42.5 Å². The first kappa shape index (κ1) is 17.8. The van der Waals surface area contributed by atoms with Crippen molar-refractivity contribution in [3.63, 3.8) is 0 Å². The van der Waals surface area contributed by atoms with Crippen LogP contribution >= 0.6 is 0 Å². The third-order valence-electron chi connectivity index (χ3n) is 3.33. The number of anilines is 1. The van der Waals surface area contributed by atoms with Crippen LogP contribution in [-0.2, 0) is 6.18 Å². The van der Waals surface area contributed by atoms with E-state index < -0.39 is 17.6 Å². The van der Waals surface area contributed by atoms with E-state index in [1.807, 2.05) is 13.8 Å². The highest BCUT2D eigenvalue weighted by Crippen LogP contribution is 2.35. The van der Waals surface area contributed by atoms with Gasteiger partial charge < -0.3 is 10.1 Å². The van der Waals surface area contributed by atoms with Gasteiger partial charge in [0.25, 0.3) is 5.91 Å². The van der Waals surface area contributed by atoms with Crippen molar-refractivity contribution in [3.8, 4) is 5.75 Å². The molecule has 0 aromatic heterocycles. The Kier molecular flexibility index (Phi) is 5.49. The molecule has 2 rings (SSSR count). The number of halogens is 3. The van der Waals surface area contributed by atoms with Crippen molar-refractivity contribution in [1.82, 2.24) is 0 Å². The zero-order valence-electron chi connectivity index (χ0n) is 13.4. The van der Waals surface area contributed by atoms with Gasteiger partial charge in [-0.25, -0.2) is 0 Å². The van der Waals surface area contributed by atoms with Crippen LogP contribution in [0.25, 0.3) is 0 Å². The Hall–Kier alpha value is -2.50. The van der Waals surface area contributed by atoms with E-state index in [0.717, 1.165) is 17.7 Å². The summed E-state index contributed by atoms with van der Waals surface area (Å²) in [5, 5.41) is 2.50. The molecule has 0 aliphatic carbocycles. The van der Waals surface area contributed by atoms with Crippen LogP contribution in [0.3, 0.4) is 0 Å². The summed E-state index contributed by atoms with van der Waals surface area (Å²) in [4.78, 5) is 12.3. The Bertz CT molecular complexity index is 709. The topological polar surface area (TPSA) is 38.3 Å². The van der Waals surface area contributed by atoms with Gasteiger partial charge in [0.15, 0.2) is 0 Å². The normalized spacial score (nSPS) is 11.2. The minimum Gasteiger partial charge on any atom is -0.491 e. The molecule has 0 radical (unpaired) electrons. The summed E-state index contributed by atoms with van der Waals surface area (Å²) < 4.78 is 44.1. The Labute approximate surface area is 138 Å². The number of hydrogen-bond donors (Lipinski definition) is 1. The van der Waals surface area contributed by atoms with E-state index in [1.165, 1.54) is 6.07 Å². The van der Waals surface area contributed by atoms with Gasteiger partial charge in [-0.1, -0.05) is 24.6 Å². The number of nitrogens with one attached hydrogen (secondary N) is 1. The minimum atomic E-state index is -4.49. The lowest BCUT2D eigenvalue weighted by Crippen LogP contribution is -2.14. The van der Waals surface area contributed by atoms with E-state index in [0.29, 0.717) is 18.6 Å². The zero-order valence-corrected chi connectivity index (χ0v) is 13.4. The molecule has 2 aromatic carbocycles. The highest BCUT2D eigenvalue weighted by atomic mass is 19.4. The van der Waals surface area contributed by atoms with E-state index in [-0.39, 0.29) is 11.4 Å². The molecule has 128 valence electrons. The maximum atomic E-state index is 12.9. The average molecular weight is 337 g/mol. The number of aryl methyl sites for hydroxylation is 1. The lowest BCUT2D eigenvalue weighted by Gasteiger charge is -2.15. The largest absolute Gasteiger partial charge is 0.491 e. The fraction of sp³-hybridized carbons (Fsp3) is 0.278. The number of alkyl halides is 3. The van der Waals surface area contributed by atoms with Crippen molar-refractivity contribution in [3.05, 3.63) is 59.2 Å². The van der Waals surface area contributed by atoms with Crippen LogP contribution in [0.1, 0.15) is 34.8 Å². The summed E-state index contributed by atoms with van der Waals surface area (Å²) >= 11 is 0. The number of hydrogen-bond acceptors (Lipinski definition) is 2. The van der Waals surface area contributed by atoms with Gasteiger partial charge >= 0.3 is 6.18 Å². The molecule has 1 N–H and O–H groups in total. The van der Waals surface area contributed by atoms with Gasteiger partial charge in [0.1, 0.15) is 5.75 Å². The second kappa shape index (κ2) is 7.38. The Morgan fingerprint density at radius 3 is 2.38 bits per heavy atom. The predicted octanol–water partition coefficient (Wildman–Crippen LogP) is 5.05. The van der Waals surface area contributed by atoms with Crippen molar-refractivity contribution >= 4 is 11.6 Å². The summed E-state index contributed by atoms with van der Waals surface area (Å²) in [7, 11) is 0. The summed E-state index contributed by atoms with van der Waals surface area (Å²) in [6.45, 7) is 4.11. The van der Waals surface area contributed by atoms with Crippen LogP contribution < -0.4 is 10.1 Å². The number of carbonyl (C=O) groups excluding carboxylic acids is 1. The first-order valence-corrected chi connectivity index (χ1v) is 7.53. The lowest BCUT2D eigenvalue weighted by molar-refractivity contribution is -0.137. The molecule has 0 heterocycles. The van der Waals surface area contributed by atoms with Gasteiger partial charge in [0, 0.05) is 5.56 Å². The van der Waals surface area contributed by atoms with Crippen LogP contribution in [0.4, 0.5) is 18.9 Å².